The van der Waals surface area contributed by atoms with Crippen LogP contribution < -0.4 is 0 Å². The van der Waals surface area contributed by atoms with Crippen molar-refractivity contribution in [2.75, 3.05) is 6.54 Å². The van der Waals surface area contributed by atoms with E-state index in [0.29, 0.717) is 0 Å². The van der Waals surface area contributed by atoms with Crippen molar-refractivity contribution in [3.05, 3.63) is 18.7 Å². The Kier molecular flexibility index (Phi) is 2.46. The van der Waals surface area contributed by atoms with E-state index in [-0.39, 0.29) is 12.6 Å². The number of hydrogen-bond acceptors (Lipinski definition) is 4. The second kappa shape index (κ2) is 3.64. The van der Waals surface area contributed by atoms with Crippen molar-refractivity contribution in [1.29, 1.82) is 5.26 Å². The van der Waals surface area contributed by atoms with Gasteiger partial charge in [0.2, 0.25) is 0 Å². The Morgan fingerprint density at radius 2 is 2.33 bits per heavy atom. The number of rotatable bonds is 4. The van der Waals surface area contributed by atoms with Gasteiger partial charge in [0.15, 0.2) is 0 Å². The van der Waals surface area contributed by atoms with Crippen molar-refractivity contribution < 1.29 is 8.42 Å². The zero-order valence-corrected chi connectivity index (χ0v) is 8.76. The summed E-state index contributed by atoms with van der Waals surface area (Å²) in [7, 11) is -3.59. The van der Waals surface area contributed by atoms with Gasteiger partial charge in [0.1, 0.15) is 12.9 Å². The fourth-order valence-electron chi connectivity index (χ4n) is 1.34. The van der Waals surface area contributed by atoms with Crippen LogP contribution in [-0.2, 0) is 10.2 Å². The normalized spacial score (nSPS) is 16.5. The first kappa shape index (κ1) is 10.1. The van der Waals surface area contributed by atoms with Crippen molar-refractivity contribution in [2.24, 2.45) is 0 Å². The van der Waals surface area contributed by atoms with Gasteiger partial charge in [-0.1, -0.05) is 0 Å². The van der Waals surface area contributed by atoms with E-state index in [1.165, 1.54) is 23.0 Å². The Bertz CT molecular complexity index is 469. The van der Waals surface area contributed by atoms with Crippen molar-refractivity contribution >= 4 is 10.2 Å². The van der Waals surface area contributed by atoms with Gasteiger partial charge in [-0.25, -0.2) is 8.96 Å². The molecule has 1 aromatic heterocycles. The van der Waals surface area contributed by atoms with Crippen molar-refractivity contribution in [3.8, 4) is 6.07 Å². The molecule has 0 saturated heterocycles. The van der Waals surface area contributed by atoms with Crippen molar-refractivity contribution in [2.45, 2.75) is 18.9 Å². The fourth-order valence-corrected chi connectivity index (χ4v) is 2.77. The van der Waals surface area contributed by atoms with Crippen LogP contribution in [0.25, 0.3) is 0 Å². The van der Waals surface area contributed by atoms with Crippen molar-refractivity contribution in [3.63, 3.8) is 0 Å². The monoisotopic (exact) mass is 226 g/mol. The maximum absolute atomic E-state index is 12.0. The van der Waals surface area contributed by atoms with Gasteiger partial charge in [0.05, 0.1) is 6.07 Å². The van der Waals surface area contributed by atoms with Crippen LogP contribution in [-0.4, -0.2) is 34.3 Å². The summed E-state index contributed by atoms with van der Waals surface area (Å²) < 4.78 is 26.2. The predicted octanol–water partition coefficient (Wildman–Crippen LogP) is -0.0360. The molecule has 0 spiro atoms. The molecule has 0 unspecified atom stereocenters. The van der Waals surface area contributed by atoms with Gasteiger partial charge in [-0.15, -0.1) is 0 Å². The molecule has 1 aliphatic carbocycles. The van der Waals surface area contributed by atoms with Crippen LogP contribution in [0, 0.1) is 11.3 Å². The van der Waals surface area contributed by atoms with Crippen molar-refractivity contribution in [1.82, 2.24) is 13.3 Å². The molecule has 6 nitrogen and oxygen atoms in total. The quantitative estimate of drug-likeness (QED) is 0.675. The first-order chi connectivity index (χ1) is 7.16. The van der Waals surface area contributed by atoms with E-state index >= 15 is 0 Å². The Morgan fingerprint density at radius 3 is 2.80 bits per heavy atom. The topological polar surface area (TPSA) is 79.0 Å². The third kappa shape index (κ3) is 1.86. The lowest BCUT2D eigenvalue weighted by atomic mass is 10.6. The Morgan fingerprint density at radius 1 is 1.60 bits per heavy atom. The Balaban J connectivity index is 2.31. The highest BCUT2D eigenvalue weighted by Crippen LogP contribution is 2.29. The second-order valence-electron chi connectivity index (χ2n) is 3.33. The molecule has 1 aliphatic rings. The molecular formula is C8H10N4O2S. The first-order valence-electron chi connectivity index (χ1n) is 4.53. The zero-order valence-electron chi connectivity index (χ0n) is 7.94. The van der Waals surface area contributed by atoms with E-state index < -0.39 is 10.2 Å². The minimum absolute atomic E-state index is 0.0166. The lowest BCUT2D eigenvalue weighted by molar-refractivity contribution is 0.431. The van der Waals surface area contributed by atoms with Gasteiger partial charge in [-0.2, -0.15) is 18.0 Å². The van der Waals surface area contributed by atoms with Gasteiger partial charge < -0.3 is 0 Å². The molecule has 0 radical (unpaired) electrons. The molecule has 15 heavy (non-hydrogen) atoms. The summed E-state index contributed by atoms with van der Waals surface area (Å²) in [5, 5.41) is 8.59. The largest absolute Gasteiger partial charge is 0.309 e. The highest BCUT2D eigenvalue weighted by Gasteiger charge is 2.37. The molecule has 0 N–H and O–H groups in total. The standard InChI is InChI=1S/C8H10N4O2S/c9-3-5-12(8-1-2-8)15(13,14)11-6-4-10-7-11/h4,6-8H,1-2,5H2. The maximum atomic E-state index is 12.0. The second-order valence-corrected chi connectivity index (χ2v) is 5.12. The number of nitriles is 1. The molecule has 2 rings (SSSR count). The summed E-state index contributed by atoms with van der Waals surface area (Å²) in [6.45, 7) is -0.106. The zero-order chi connectivity index (χ0) is 10.9. The van der Waals surface area contributed by atoms with E-state index in [1.54, 1.807) is 0 Å². The molecule has 1 fully saturated rings. The summed E-state index contributed by atoms with van der Waals surface area (Å²) in [5.41, 5.74) is 0. The number of aromatic nitrogens is 2. The molecule has 1 heterocycles. The number of imidazole rings is 1. The Hall–Kier alpha value is -1.39. The number of hydrogen-bond donors (Lipinski definition) is 0. The summed E-state index contributed by atoms with van der Waals surface area (Å²) in [6, 6.07) is 1.85. The van der Waals surface area contributed by atoms with E-state index in [2.05, 4.69) is 4.98 Å². The molecular weight excluding hydrogens is 216 g/mol. The van der Waals surface area contributed by atoms with E-state index in [4.69, 9.17) is 5.26 Å². The van der Waals surface area contributed by atoms with E-state index in [1.807, 2.05) is 6.07 Å². The average molecular weight is 226 g/mol. The predicted molar refractivity (Wildman–Crippen MR) is 51.9 cm³/mol. The number of nitrogens with zero attached hydrogens (tertiary/aromatic N) is 4. The van der Waals surface area contributed by atoms with Crippen LogP contribution in [0.5, 0.6) is 0 Å². The minimum Gasteiger partial charge on any atom is -0.244 e. The molecule has 1 saturated carbocycles. The molecule has 7 heteroatoms. The molecule has 0 aliphatic heterocycles. The van der Waals surface area contributed by atoms with Gasteiger partial charge in [-0.05, 0) is 12.8 Å². The van der Waals surface area contributed by atoms with Crippen LogP contribution in [0.2, 0.25) is 0 Å². The highest BCUT2D eigenvalue weighted by molar-refractivity contribution is 7.87. The smallest absolute Gasteiger partial charge is 0.244 e. The summed E-state index contributed by atoms with van der Waals surface area (Å²) in [4.78, 5) is 3.68. The first-order valence-corrected chi connectivity index (χ1v) is 5.93. The third-order valence-corrected chi connectivity index (χ3v) is 3.99. The van der Waals surface area contributed by atoms with Gasteiger partial charge >= 0.3 is 10.2 Å². The van der Waals surface area contributed by atoms with Gasteiger partial charge in [0, 0.05) is 18.4 Å². The maximum Gasteiger partial charge on any atom is 0.309 e. The van der Waals surface area contributed by atoms with E-state index in [9.17, 15) is 8.42 Å². The molecule has 0 amide bonds. The van der Waals surface area contributed by atoms with Crippen LogP contribution in [0.15, 0.2) is 18.7 Å². The summed E-state index contributed by atoms with van der Waals surface area (Å²) >= 11 is 0. The SMILES string of the molecule is N#CCN(C1CC1)S(=O)(=O)n1ccnc1. The highest BCUT2D eigenvalue weighted by atomic mass is 32.2. The third-order valence-electron chi connectivity index (χ3n) is 2.22. The average Bonchev–Trinajstić information content (AvgIpc) is 2.86. The molecule has 80 valence electrons. The molecule has 0 atom stereocenters. The van der Waals surface area contributed by atoms with Gasteiger partial charge in [-0.3, -0.25) is 0 Å². The molecule has 1 aromatic rings. The van der Waals surface area contributed by atoms with Crippen LogP contribution in [0.4, 0.5) is 0 Å². The van der Waals surface area contributed by atoms with Gasteiger partial charge in [0.25, 0.3) is 0 Å². The van der Waals surface area contributed by atoms with E-state index in [0.717, 1.165) is 16.8 Å². The lowest BCUT2D eigenvalue weighted by Gasteiger charge is -2.18. The van der Waals surface area contributed by atoms with Crippen LogP contribution >= 0.6 is 0 Å². The molecule has 0 aromatic carbocycles. The Labute approximate surface area is 87.9 Å². The molecule has 0 bridgehead atoms. The fraction of sp³-hybridized carbons (Fsp3) is 0.500. The summed E-state index contributed by atoms with van der Waals surface area (Å²) in [6.07, 6.45) is 5.64. The van der Waals surface area contributed by atoms with Crippen LogP contribution in [0.1, 0.15) is 12.8 Å². The minimum atomic E-state index is -3.59. The lowest BCUT2D eigenvalue weighted by Crippen LogP contribution is -2.37. The van der Waals surface area contributed by atoms with Crippen LogP contribution in [0.3, 0.4) is 0 Å². The summed E-state index contributed by atoms with van der Waals surface area (Å²) in [5.74, 6) is 0.